The Morgan fingerprint density at radius 3 is 2.44 bits per heavy atom. The van der Waals surface area contributed by atoms with Gasteiger partial charge in [-0.05, 0) is 36.1 Å². The van der Waals surface area contributed by atoms with E-state index < -0.39 is 16.1 Å². The summed E-state index contributed by atoms with van der Waals surface area (Å²) >= 11 is 1.66. The largest absolute Gasteiger partial charge is 0.253 e. The van der Waals surface area contributed by atoms with Crippen molar-refractivity contribution in [3.63, 3.8) is 0 Å². The second kappa shape index (κ2) is 6.94. The highest BCUT2D eigenvalue weighted by atomic mass is 32.2. The van der Waals surface area contributed by atoms with Crippen LogP contribution >= 0.6 is 11.8 Å². The smallest absolute Gasteiger partial charge is 0.247 e. The first-order chi connectivity index (χ1) is 13.0. The standard InChI is InChI=1S/C19H18N4O2S2/c1-26-14-9-7-13(8-10-14)17-11-19(23(22-17)27(2,24)25)18-12-20-15-5-3-4-6-16(15)21-18/h3-10,12,19H,11H2,1-2H3. The zero-order chi connectivity index (χ0) is 19.0. The molecule has 0 aliphatic carbocycles. The monoisotopic (exact) mass is 398 g/mol. The second-order valence-electron chi connectivity index (χ2n) is 6.31. The molecule has 0 bridgehead atoms. The van der Waals surface area contributed by atoms with E-state index in [0.717, 1.165) is 37.9 Å². The van der Waals surface area contributed by atoms with Crippen molar-refractivity contribution >= 4 is 38.5 Å². The van der Waals surface area contributed by atoms with Crippen LogP contribution in [0.25, 0.3) is 11.0 Å². The molecule has 8 heteroatoms. The van der Waals surface area contributed by atoms with E-state index >= 15 is 0 Å². The summed E-state index contributed by atoms with van der Waals surface area (Å²) in [6.45, 7) is 0. The SMILES string of the molecule is CSc1ccc(C2=NN(S(C)(=O)=O)C(c3cnc4ccccc4n3)C2)cc1. The van der Waals surface area contributed by atoms with E-state index in [4.69, 9.17) is 0 Å². The van der Waals surface area contributed by atoms with Crippen molar-refractivity contribution in [2.24, 2.45) is 5.10 Å². The van der Waals surface area contributed by atoms with Gasteiger partial charge in [0.15, 0.2) is 0 Å². The van der Waals surface area contributed by atoms with Crippen LogP contribution in [0.5, 0.6) is 0 Å². The molecule has 2 aromatic carbocycles. The zero-order valence-corrected chi connectivity index (χ0v) is 16.5. The molecule has 1 unspecified atom stereocenters. The van der Waals surface area contributed by atoms with Gasteiger partial charge in [-0.15, -0.1) is 11.8 Å². The lowest BCUT2D eigenvalue weighted by atomic mass is 10.0. The average molecular weight is 399 g/mol. The summed E-state index contributed by atoms with van der Waals surface area (Å²) < 4.78 is 25.8. The van der Waals surface area contributed by atoms with Crippen molar-refractivity contribution in [2.75, 3.05) is 12.5 Å². The maximum atomic E-state index is 12.3. The minimum Gasteiger partial charge on any atom is -0.253 e. The number of sulfonamides is 1. The first-order valence-corrected chi connectivity index (χ1v) is 11.5. The molecule has 0 radical (unpaired) electrons. The number of fused-ring (bicyclic) bond motifs is 1. The number of hydrogen-bond acceptors (Lipinski definition) is 6. The third kappa shape index (κ3) is 3.54. The molecule has 0 saturated carbocycles. The van der Waals surface area contributed by atoms with Crippen molar-refractivity contribution < 1.29 is 8.42 Å². The van der Waals surface area contributed by atoms with Crippen LogP contribution < -0.4 is 0 Å². The van der Waals surface area contributed by atoms with Crippen LogP contribution in [-0.4, -0.2) is 41.0 Å². The number of rotatable bonds is 4. The molecular formula is C19H18N4O2S2. The molecule has 6 nitrogen and oxygen atoms in total. The number of benzene rings is 2. The van der Waals surface area contributed by atoms with Crippen LogP contribution in [0.2, 0.25) is 0 Å². The van der Waals surface area contributed by atoms with Crippen LogP contribution in [0, 0.1) is 0 Å². The van der Waals surface area contributed by atoms with E-state index in [1.807, 2.05) is 54.8 Å². The Hall–Kier alpha value is -2.45. The fourth-order valence-electron chi connectivity index (χ4n) is 3.10. The van der Waals surface area contributed by atoms with E-state index in [1.54, 1.807) is 18.0 Å². The van der Waals surface area contributed by atoms with Crippen molar-refractivity contribution in [1.29, 1.82) is 0 Å². The minimum atomic E-state index is -3.53. The fraction of sp³-hybridized carbons (Fsp3) is 0.211. The number of thioether (sulfide) groups is 1. The van der Waals surface area contributed by atoms with Crippen LogP contribution in [0.1, 0.15) is 23.7 Å². The van der Waals surface area contributed by atoms with Crippen molar-refractivity contribution in [3.8, 4) is 0 Å². The van der Waals surface area contributed by atoms with Crippen LogP contribution in [0.15, 0.2) is 64.7 Å². The number of para-hydroxylation sites is 2. The predicted molar refractivity (Wildman–Crippen MR) is 108 cm³/mol. The molecular weight excluding hydrogens is 380 g/mol. The van der Waals surface area contributed by atoms with Gasteiger partial charge in [-0.25, -0.2) is 13.4 Å². The summed E-state index contributed by atoms with van der Waals surface area (Å²) in [4.78, 5) is 10.2. The molecule has 2 heterocycles. The highest BCUT2D eigenvalue weighted by molar-refractivity contribution is 7.98. The number of hydrazone groups is 1. The van der Waals surface area contributed by atoms with Gasteiger partial charge in [0.1, 0.15) is 6.04 Å². The topological polar surface area (TPSA) is 75.5 Å². The molecule has 3 aromatic rings. The van der Waals surface area contributed by atoms with Gasteiger partial charge in [0.25, 0.3) is 0 Å². The maximum absolute atomic E-state index is 12.3. The van der Waals surface area contributed by atoms with Gasteiger partial charge in [-0.3, -0.25) is 4.98 Å². The molecule has 1 aliphatic rings. The van der Waals surface area contributed by atoms with E-state index in [1.165, 1.54) is 0 Å². The normalized spacial score (nSPS) is 17.3. The lowest BCUT2D eigenvalue weighted by molar-refractivity contribution is 0.368. The molecule has 0 fully saturated rings. The first kappa shape index (κ1) is 17.9. The van der Waals surface area contributed by atoms with Gasteiger partial charge >= 0.3 is 0 Å². The Bertz CT molecular complexity index is 1130. The highest BCUT2D eigenvalue weighted by Gasteiger charge is 2.35. The quantitative estimate of drug-likeness (QED) is 0.629. The van der Waals surface area contributed by atoms with Gasteiger partial charge in [0.2, 0.25) is 10.0 Å². The average Bonchev–Trinajstić information content (AvgIpc) is 3.14. The number of hydrogen-bond donors (Lipinski definition) is 0. The molecule has 0 saturated heterocycles. The molecule has 0 N–H and O–H groups in total. The van der Waals surface area contributed by atoms with E-state index in [2.05, 4.69) is 15.1 Å². The Balaban J connectivity index is 1.73. The second-order valence-corrected chi connectivity index (χ2v) is 9.03. The Morgan fingerprint density at radius 2 is 1.78 bits per heavy atom. The van der Waals surface area contributed by atoms with Crippen LogP contribution in [0.3, 0.4) is 0 Å². The third-order valence-electron chi connectivity index (χ3n) is 4.44. The molecule has 1 aliphatic heterocycles. The molecule has 138 valence electrons. The summed E-state index contributed by atoms with van der Waals surface area (Å²) in [5.74, 6) is 0. The summed E-state index contributed by atoms with van der Waals surface area (Å²) in [5, 5.41) is 4.41. The number of aromatic nitrogens is 2. The van der Waals surface area contributed by atoms with Crippen LogP contribution in [-0.2, 0) is 10.0 Å². The minimum absolute atomic E-state index is 0.457. The Kier molecular flexibility index (Phi) is 4.61. The summed E-state index contributed by atoms with van der Waals surface area (Å²) in [5.41, 5.74) is 3.75. The molecule has 1 aromatic heterocycles. The van der Waals surface area contributed by atoms with Crippen molar-refractivity contribution in [2.45, 2.75) is 17.4 Å². The van der Waals surface area contributed by atoms with Gasteiger partial charge in [0, 0.05) is 11.3 Å². The van der Waals surface area contributed by atoms with E-state index in [-0.39, 0.29) is 0 Å². The van der Waals surface area contributed by atoms with Crippen molar-refractivity contribution in [3.05, 3.63) is 66.0 Å². The zero-order valence-electron chi connectivity index (χ0n) is 14.9. The van der Waals surface area contributed by atoms with Gasteiger partial charge in [0.05, 0.1) is 34.9 Å². The Morgan fingerprint density at radius 1 is 1.07 bits per heavy atom. The van der Waals surface area contributed by atoms with Crippen LogP contribution in [0.4, 0.5) is 0 Å². The van der Waals surface area contributed by atoms with Gasteiger partial charge in [-0.1, -0.05) is 24.3 Å². The fourth-order valence-corrected chi connectivity index (χ4v) is 4.40. The first-order valence-electron chi connectivity index (χ1n) is 8.39. The number of nitrogens with zero attached hydrogens (tertiary/aromatic N) is 4. The molecule has 0 spiro atoms. The summed E-state index contributed by atoms with van der Waals surface area (Å²) in [6, 6.07) is 15.0. The summed E-state index contributed by atoms with van der Waals surface area (Å²) in [6.07, 6.45) is 5.28. The van der Waals surface area contributed by atoms with Gasteiger partial charge < -0.3 is 0 Å². The van der Waals surface area contributed by atoms with E-state index in [0.29, 0.717) is 12.1 Å². The lowest BCUT2D eigenvalue weighted by Gasteiger charge is -2.20. The summed E-state index contributed by atoms with van der Waals surface area (Å²) in [7, 11) is -3.53. The molecule has 27 heavy (non-hydrogen) atoms. The Labute approximate surface area is 162 Å². The van der Waals surface area contributed by atoms with Gasteiger partial charge in [-0.2, -0.15) is 9.52 Å². The molecule has 0 amide bonds. The van der Waals surface area contributed by atoms with Crippen molar-refractivity contribution in [1.82, 2.24) is 14.4 Å². The third-order valence-corrected chi connectivity index (χ3v) is 6.20. The molecule has 4 rings (SSSR count). The predicted octanol–water partition coefficient (Wildman–Crippen LogP) is 3.46. The maximum Gasteiger partial charge on any atom is 0.247 e. The van der Waals surface area contributed by atoms with E-state index in [9.17, 15) is 8.42 Å². The lowest BCUT2D eigenvalue weighted by Crippen LogP contribution is -2.26. The molecule has 1 atom stereocenters. The highest BCUT2D eigenvalue weighted by Crippen LogP contribution is 2.34.